The molecule has 0 aliphatic carbocycles. The van der Waals surface area contributed by atoms with Crippen LogP contribution in [-0.4, -0.2) is 77.2 Å². The van der Waals surface area contributed by atoms with E-state index in [9.17, 15) is 13.2 Å². The van der Waals surface area contributed by atoms with E-state index in [1.807, 2.05) is 6.07 Å². The van der Waals surface area contributed by atoms with Crippen molar-refractivity contribution in [3.63, 3.8) is 0 Å². The minimum atomic E-state index is -3.71. The monoisotopic (exact) mass is 490 g/mol. The van der Waals surface area contributed by atoms with Gasteiger partial charge >= 0.3 is 0 Å². The second-order valence-corrected chi connectivity index (χ2v) is 10.1. The summed E-state index contributed by atoms with van der Waals surface area (Å²) in [6.45, 7) is 3.20. The van der Waals surface area contributed by atoms with Crippen molar-refractivity contribution in [3.8, 4) is 11.5 Å². The first-order valence-corrected chi connectivity index (χ1v) is 12.7. The highest BCUT2D eigenvalue weighted by Gasteiger charge is 2.33. The molecule has 11 heteroatoms. The van der Waals surface area contributed by atoms with Crippen molar-refractivity contribution < 1.29 is 27.4 Å². The Bertz CT molecular complexity index is 1110. The largest absolute Gasteiger partial charge is 0.493 e. The van der Waals surface area contributed by atoms with Gasteiger partial charge in [0, 0.05) is 44.4 Å². The molecule has 1 N–H and O–H groups in total. The quantitative estimate of drug-likeness (QED) is 0.627. The number of hydrogen-bond acceptors (Lipinski definition) is 8. The molecule has 0 saturated carbocycles. The molecule has 2 aliphatic heterocycles. The number of morpholine rings is 1. The molecule has 1 aromatic carbocycles. The van der Waals surface area contributed by atoms with Crippen LogP contribution in [0.2, 0.25) is 0 Å². The van der Waals surface area contributed by atoms with Crippen LogP contribution in [0.4, 0.5) is 11.5 Å². The van der Waals surface area contributed by atoms with Crippen LogP contribution in [0, 0.1) is 5.92 Å². The molecule has 1 aromatic heterocycles. The number of methoxy groups -OCH3 is 2. The van der Waals surface area contributed by atoms with Gasteiger partial charge in [0.25, 0.3) is 0 Å². The number of anilines is 2. The molecule has 34 heavy (non-hydrogen) atoms. The van der Waals surface area contributed by atoms with Gasteiger partial charge in [-0.3, -0.25) is 4.79 Å². The standard InChI is InChI=1S/C23H30N4O6S/c1-31-20-6-5-18(16-21(20)32-2)34(29,30)27-10-7-17(8-11-27)23(28)25-19-4-3-9-24-22(19)26-12-14-33-15-13-26/h3-6,9,16-17H,7-8,10-15H2,1-2H3,(H,25,28). The highest BCUT2D eigenvalue weighted by molar-refractivity contribution is 7.89. The molecule has 4 rings (SSSR count). The number of carbonyl (C=O) groups is 1. The smallest absolute Gasteiger partial charge is 0.243 e. The minimum absolute atomic E-state index is 0.120. The molecular formula is C23H30N4O6S. The Labute approximate surface area is 199 Å². The Morgan fingerprint density at radius 3 is 2.44 bits per heavy atom. The Kier molecular flexibility index (Phi) is 7.54. The van der Waals surface area contributed by atoms with Crippen LogP contribution in [0.3, 0.4) is 0 Å². The predicted octanol–water partition coefficient (Wildman–Crippen LogP) is 1.97. The van der Waals surface area contributed by atoms with Crippen molar-refractivity contribution in [3.05, 3.63) is 36.5 Å². The molecular weight excluding hydrogens is 460 g/mol. The van der Waals surface area contributed by atoms with Gasteiger partial charge < -0.3 is 24.4 Å². The molecule has 3 heterocycles. The lowest BCUT2D eigenvalue weighted by molar-refractivity contribution is -0.120. The lowest BCUT2D eigenvalue weighted by Gasteiger charge is -2.32. The summed E-state index contributed by atoms with van der Waals surface area (Å²) >= 11 is 0. The first-order valence-electron chi connectivity index (χ1n) is 11.2. The number of sulfonamides is 1. The third kappa shape index (κ3) is 5.11. The van der Waals surface area contributed by atoms with E-state index >= 15 is 0 Å². The molecule has 0 atom stereocenters. The van der Waals surface area contributed by atoms with Crippen LogP contribution in [0.1, 0.15) is 12.8 Å². The van der Waals surface area contributed by atoms with Crippen LogP contribution in [0.5, 0.6) is 11.5 Å². The van der Waals surface area contributed by atoms with Crippen molar-refractivity contribution >= 4 is 27.4 Å². The number of rotatable bonds is 7. The molecule has 0 spiro atoms. The van der Waals surface area contributed by atoms with Gasteiger partial charge in [0.05, 0.1) is 38.0 Å². The summed E-state index contributed by atoms with van der Waals surface area (Å²) in [6, 6.07) is 8.17. The van der Waals surface area contributed by atoms with E-state index in [0.29, 0.717) is 56.3 Å². The normalized spacial score (nSPS) is 17.9. The van der Waals surface area contributed by atoms with Gasteiger partial charge in [0.2, 0.25) is 15.9 Å². The minimum Gasteiger partial charge on any atom is -0.493 e. The van der Waals surface area contributed by atoms with Crippen molar-refractivity contribution in [1.29, 1.82) is 0 Å². The summed E-state index contributed by atoms with van der Waals surface area (Å²) in [5.41, 5.74) is 0.662. The van der Waals surface area contributed by atoms with Crippen molar-refractivity contribution in [1.82, 2.24) is 9.29 Å². The highest BCUT2D eigenvalue weighted by atomic mass is 32.2. The number of hydrogen-bond donors (Lipinski definition) is 1. The fraction of sp³-hybridized carbons (Fsp3) is 0.478. The summed E-state index contributed by atoms with van der Waals surface area (Å²) in [5.74, 6) is 1.14. The van der Waals surface area contributed by atoms with Gasteiger partial charge in [0.1, 0.15) is 0 Å². The first-order chi connectivity index (χ1) is 16.4. The maximum atomic E-state index is 13.1. The summed E-state index contributed by atoms with van der Waals surface area (Å²) in [6.07, 6.45) is 2.58. The van der Waals surface area contributed by atoms with Crippen molar-refractivity contribution in [2.45, 2.75) is 17.7 Å². The van der Waals surface area contributed by atoms with Gasteiger partial charge in [-0.15, -0.1) is 0 Å². The number of aromatic nitrogens is 1. The molecule has 2 fully saturated rings. The Morgan fingerprint density at radius 1 is 1.06 bits per heavy atom. The summed E-state index contributed by atoms with van der Waals surface area (Å²) in [5, 5.41) is 3.01. The molecule has 0 unspecified atom stereocenters. The van der Waals surface area contributed by atoms with Crippen molar-refractivity contribution in [2.24, 2.45) is 5.92 Å². The lowest BCUT2D eigenvalue weighted by atomic mass is 9.97. The summed E-state index contributed by atoms with van der Waals surface area (Å²) in [7, 11) is -0.751. The van der Waals surface area contributed by atoms with Crippen LogP contribution in [0.15, 0.2) is 41.4 Å². The van der Waals surface area contributed by atoms with E-state index < -0.39 is 10.0 Å². The highest BCUT2D eigenvalue weighted by Crippen LogP contribution is 2.32. The van der Waals surface area contributed by atoms with Crippen LogP contribution >= 0.6 is 0 Å². The zero-order chi connectivity index (χ0) is 24.1. The van der Waals surface area contributed by atoms with E-state index in [0.717, 1.165) is 5.82 Å². The molecule has 184 valence electrons. The molecule has 0 bridgehead atoms. The number of piperidine rings is 1. The number of ether oxygens (including phenoxy) is 3. The van der Waals surface area contributed by atoms with E-state index in [1.165, 1.54) is 30.7 Å². The van der Waals surface area contributed by atoms with Crippen molar-refractivity contribution in [2.75, 3.05) is 63.8 Å². The zero-order valence-electron chi connectivity index (χ0n) is 19.4. The second kappa shape index (κ2) is 10.6. The first kappa shape index (κ1) is 24.2. The van der Waals surface area contributed by atoms with Crippen LogP contribution in [0.25, 0.3) is 0 Å². The zero-order valence-corrected chi connectivity index (χ0v) is 20.2. The van der Waals surface area contributed by atoms with Gasteiger partial charge in [-0.05, 0) is 37.1 Å². The number of nitrogens with one attached hydrogen (secondary N) is 1. The Balaban J connectivity index is 1.40. The van der Waals surface area contributed by atoms with Crippen LogP contribution in [-0.2, 0) is 19.6 Å². The van der Waals surface area contributed by atoms with E-state index in [2.05, 4.69) is 15.2 Å². The second-order valence-electron chi connectivity index (χ2n) is 8.16. The third-order valence-corrected chi connectivity index (χ3v) is 8.07. The van der Waals surface area contributed by atoms with Gasteiger partial charge in [-0.1, -0.05) is 0 Å². The maximum Gasteiger partial charge on any atom is 0.243 e. The fourth-order valence-corrected chi connectivity index (χ4v) is 5.73. The average molecular weight is 491 g/mol. The SMILES string of the molecule is COc1ccc(S(=O)(=O)N2CCC(C(=O)Nc3cccnc3N3CCOCC3)CC2)cc1OC. The van der Waals surface area contributed by atoms with Gasteiger partial charge in [-0.25, -0.2) is 13.4 Å². The van der Waals surface area contributed by atoms with Gasteiger partial charge in [-0.2, -0.15) is 4.31 Å². The Morgan fingerprint density at radius 2 is 1.76 bits per heavy atom. The number of amides is 1. The number of nitrogens with zero attached hydrogens (tertiary/aromatic N) is 3. The third-order valence-electron chi connectivity index (χ3n) is 6.17. The summed E-state index contributed by atoms with van der Waals surface area (Å²) in [4.78, 5) is 19.7. The van der Waals surface area contributed by atoms with E-state index in [-0.39, 0.29) is 29.8 Å². The Hall–Kier alpha value is -2.89. The van der Waals surface area contributed by atoms with Crippen LogP contribution < -0.4 is 19.7 Å². The number of carbonyl (C=O) groups excluding carboxylic acids is 1. The maximum absolute atomic E-state index is 13.1. The number of pyridine rings is 1. The number of benzene rings is 1. The molecule has 2 saturated heterocycles. The summed E-state index contributed by atoms with van der Waals surface area (Å²) < 4.78 is 43.6. The topological polar surface area (TPSA) is 110 Å². The van der Waals surface area contributed by atoms with E-state index in [1.54, 1.807) is 18.3 Å². The lowest BCUT2D eigenvalue weighted by Crippen LogP contribution is -2.41. The molecule has 2 aromatic rings. The van der Waals surface area contributed by atoms with E-state index in [4.69, 9.17) is 14.2 Å². The predicted molar refractivity (Wildman–Crippen MR) is 127 cm³/mol. The fourth-order valence-electron chi connectivity index (χ4n) is 4.24. The molecule has 10 nitrogen and oxygen atoms in total. The molecule has 2 aliphatic rings. The molecule has 0 radical (unpaired) electrons. The average Bonchev–Trinajstić information content (AvgIpc) is 2.89. The van der Waals surface area contributed by atoms with Gasteiger partial charge in [0.15, 0.2) is 17.3 Å². The molecule has 1 amide bonds.